The average Bonchev–Trinajstić information content (AvgIpc) is 3.07. The molecule has 0 heterocycles. The number of carboxylic acids is 1. The van der Waals surface area contributed by atoms with Gasteiger partial charge in [0.05, 0.1) is 0 Å². The van der Waals surface area contributed by atoms with E-state index in [4.69, 9.17) is 0 Å². The summed E-state index contributed by atoms with van der Waals surface area (Å²) in [6, 6.07) is -0.00994. The molecule has 2 N–H and O–H groups in total. The predicted molar refractivity (Wildman–Crippen MR) is 77.4 cm³/mol. The van der Waals surface area contributed by atoms with Crippen LogP contribution in [0.25, 0.3) is 0 Å². The number of aliphatic carboxylic acids is 1. The molecule has 0 aromatic rings. The Labute approximate surface area is 117 Å². The van der Waals surface area contributed by atoms with Gasteiger partial charge in [0.25, 0.3) is 0 Å². The topological polar surface area (TPSA) is 55.8 Å². The quantitative estimate of drug-likeness (QED) is 0.613. The lowest BCUT2D eigenvalue weighted by molar-refractivity contribution is -0.140. The highest BCUT2D eigenvalue weighted by atomic mass is 16.4. The highest BCUT2D eigenvalue weighted by molar-refractivity contribution is 5.73. The summed E-state index contributed by atoms with van der Waals surface area (Å²) in [5.74, 6) is -0.178. The van der Waals surface area contributed by atoms with Crippen LogP contribution in [0.1, 0.15) is 26.7 Å². The Morgan fingerprint density at radius 3 is 2.32 bits per heavy atom. The third-order valence-electron chi connectivity index (χ3n) is 3.24. The van der Waals surface area contributed by atoms with E-state index in [0.717, 1.165) is 32.5 Å². The summed E-state index contributed by atoms with van der Waals surface area (Å²) in [6.45, 7) is 7.77. The molecule has 1 rings (SSSR count). The molecule has 1 saturated carbocycles. The van der Waals surface area contributed by atoms with Gasteiger partial charge in [-0.25, -0.2) is 0 Å². The number of nitrogens with one attached hydrogen (secondary N) is 1. The minimum absolute atomic E-state index is 0.427. The van der Waals surface area contributed by atoms with E-state index in [1.807, 2.05) is 14.1 Å². The van der Waals surface area contributed by atoms with Crippen molar-refractivity contribution in [1.82, 2.24) is 15.1 Å². The van der Waals surface area contributed by atoms with E-state index in [0.29, 0.717) is 18.5 Å². The highest BCUT2D eigenvalue weighted by Crippen LogP contribution is 2.19. The summed E-state index contributed by atoms with van der Waals surface area (Å²) >= 11 is 0. The number of hydrogen-bond acceptors (Lipinski definition) is 4. The minimum Gasteiger partial charge on any atom is -0.480 e. The molecule has 0 bridgehead atoms. The standard InChI is InChI=1S/C14H29N3O2/c1-11(2)9-17(8-7-16(3)4)10-13(14(18)19)15-12-5-6-12/h11-13,15H,5-10H2,1-4H3,(H,18,19). The van der Waals surface area contributed by atoms with Crippen LogP contribution in [0.2, 0.25) is 0 Å². The maximum absolute atomic E-state index is 11.3. The molecule has 112 valence electrons. The molecule has 0 aromatic heterocycles. The number of carbonyl (C=O) groups is 1. The second-order valence-electron chi connectivity index (χ2n) is 6.29. The fourth-order valence-electron chi connectivity index (χ4n) is 2.11. The van der Waals surface area contributed by atoms with Crippen molar-refractivity contribution in [2.24, 2.45) is 5.92 Å². The van der Waals surface area contributed by atoms with Gasteiger partial charge < -0.3 is 15.3 Å². The van der Waals surface area contributed by atoms with Crippen LogP contribution in [0.3, 0.4) is 0 Å². The zero-order valence-electron chi connectivity index (χ0n) is 12.7. The molecule has 1 fully saturated rings. The Bertz CT molecular complexity index is 278. The smallest absolute Gasteiger partial charge is 0.322 e. The lowest BCUT2D eigenvalue weighted by Gasteiger charge is -2.28. The first kappa shape index (κ1) is 16.4. The van der Waals surface area contributed by atoms with Crippen LogP contribution >= 0.6 is 0 Å². The van der Waals surface area contributed by atoms with Gasteiger partial charge in [-0.15, -0.1) is 0 Å². The third kappa shape index (κ3) is 7.50. The van der Waals surface area contributed by atoms with Crippen molar-refractivity contribution in [1.29, 1.82) is 0 Å². The van der Waals surface area contributed by atoms with Crippen molar-refractivity contribution in [3.05, 3.63) is 0 Å². The van der Waals surface area contributed by atoms with Crippen molar-refractivity contribution in [2.75, 3.05) is 40.3 Å². The molecule has 0 saturated heterocycles. The molecular formula is C14H29N3O2. The Kier molecular flexibility index (Phi) is 6.75. The van der Waals surface area contributed by atoms with E-state index in [9.17, 15) is 9.90 Å². The monoisotopic (exact) mass is 271 g/mol. The maximum atomic E-state index is 11.3. The van der Waals surface area contributed by atoms with Gasteiger partial charge in [0.2, 0.25) is 0 Å². The summed E-state index contributed by atoms with van der Waals surface area (Å²) in [6.07, 6.45) is 2.23. The Hall–Kier alpha value is -0.650. The Morgan fingerprint density at radius 2 is 1.89 bits per heavy atom. The molecule has 1 atom stereocenters. The molecule has 0 radical (unpaired) electrons. The van der Waals surface area contributed by atoms with Crippen LogP contribution in [0.15, 0.2) is 0 Å². The summed E-state index contributed by atoms with van der Waals surface area (Å²) in [5, 5.41) is 12.5. The van der Waals surface area contributed by atoms with Crippen molar-refractivity contribution in [3.63, 3.8) is 0 Å². The van der Waals surface area contributed by atoms with Crippen LogP contribution < -0.4 is 5.32 Å². The second-order valence-corrected chi connectivity index (χ2v) is 6.29. The first-order valence-electron chi connectivity index (χ1n) is 7.24. The SMILES string of the molecule is CC(C)CN(CCN(C)C)CC(NC1CC1)C(=O)O. The molecular weight excluding hydrogens is 242 g/mol. The van der Waals surface area contributed by atoms with E-state index < -0.39 is 12.0 Å². The van der Waals surface area contributed by atoms with E-state index in [1.54, 1.807) is 0 Å². The zero-order chi connectivity index (χ0) is 14.4. The molecule has 0 aliphatic heterocycles. The van der Waals surface area contributed by atoms with Crippen LogP contribution in [0, 0.1) is 5.92 Å². The summed E-state index contributed by atoms with van der Waals surface area (Å²) in [7, 11) is 4.09. The van der Waals surface area contributed by atoms with Crippen LogP contribution in [-0.4, -0.2) is 73.2 Å². The Morgan fingerprint density at radius 1 is 1.26 bits per heavy atom. The number of rotatable bonds is 10. The van der Waals surface area contributed by atoms with Crippen molar-refractivity contribution in [2.45, 2.75) is 38.8 Å². The van der Waals surface area contributed by atoms with Gasteiger partial charge in [0.1, 0.15) is 6.04 Å². The normalized spacial score (nSPS) is 17.4. The van der Waals surface area contributed by atoms with Gasteiger partial charge in [0.15, 0.2) is 0 Å². The Balaban J connectivity index is 2.47. The van der Waals surface area contributed by atoms with E-state index >= 15 is 0 Å². The molecule has 1 aliphatic rings. The van der Waals surface area contributed by atoms with Gasteiger partial charge >= 0.3 is 5.97 Å². The molecule has 1 aliphatic carbocycles. The van der Waals surface area contributed by atoms with Crippen LogP contribution in [0.5, 0.6) is 0 Å². The number of carboxylic acid groups (broad SMARTS) is 1. The average molecular weight is 271 g/mol. The highest BCUT2D eigenvalue weighted by Gasteiger charge is 2.29. The van der Waals surface area contributed by atoms with Crippen LogP contribution in [0.4, 0.5) is 0 Å². The lowest BCUT2D eigenvalue weighted by atomic mass is 10.2. The van der Waals surface area contributed by atoms with Gasteiger partial charge in [0, 0.05) is 32.2 Å². The fourth-order valence-corrected chi connectivity index (χ4v) is 2.11. The number of nitrogens with zero attached hydrogens (tertiary/aromatic N) is 2. The van der Waals surface area contributed by atoms with E-state index in [-0.39, 0.29) is 0 Å². The number of likely N-dealkylation sites (N-methyl/N-ethyl adjacent to an activating group) is 1. The van der Waals surface area contributed by atoms with E-state index in [2.05, 4.69) is 29.0 Å². The second kappa shape index (κ2) is 7.82. The molecule has 5 heteroatoms. The summed E-state index contributed by atoms with van der Waals surface area (Å²) in [4.78, 5) is 15.7. The van der Waals surface area contributed by atoms with Crippen molar-refractivity contribution in [3.8, 4) is 0 Å². The molecule has 0 amide bonds. The van der Waals surface area contributed by atoms with Gasteiger partial charge in [-0.3, -0.25) is 9.69 Å². The minimum atomic E-state index is -0.731. The van der Waals surface area contributed by atoms with Gasteiger partial charge in [-0.05, 0) is 32.9 Å². The molecule has 19 heavy (non-hydrogen) atoms. The first-order valence-corrected chi connectivity index (χ1v) is 7.24. The number of hydrogen-bond donors (Lipinski definition) is 2. The fraction of sp³-hybridized carbons (Fsp3) is 0.929. The maximum Gasteiger partial charge on any atom is 0.322 e. The third-order valence-corrected chi connectivity index (χ3v) is 3.24. The van der Waals surface area contributed by atoms with E-state index in [1.165, 1.54) is 0 Å². The molecule has 5 nitrogen and oxygen atoms in total. The van der Waals surface area contributed by atoms with Crippen molar-refractivity contribution >= 4 is 5.97 Å². The summed E-state index contributed by atoms with van der Waals surface area (Å²) < 4.78 is 0. The molecule has 0 aromatic carbocycles. The first-order chi connectivity index (χ1) is 8.88. The molecule has 0 spiro atoms. The predicted octanol–water partition coefficient (Wildman–Crippen LogP) is 0.711. The summed E-state index contributed by atoms with van der Waals surface area (Å²) in [5.41, 5.74) is 0. The van der Waals surface area contributed by atoms with Gasteiger partial charge in [-0.2, -0.15) is 0 Å². The lowest BCUT2D eigenvalue weighted by Crippen LogP contribution is -2.49. The van der Waals surface area contributed by atoms with Gasteiger partial charge in [-0.1, -0.05) is 13.8 Å². The van der Waals surface area contributed by atoms with Crippen LogP contribution in [-0.2, 0) is 4.79 Å². The largest absolute Gasteiger partial charge is 0.480 e. The zero-order valence-corrected chi connectivity index (χ0v) is 12.7. The molecule has 1 unspecified atom stereocenters. The van der Waals surface area contributed by atoms with Crippen molar-refractivity contribution < 1.29 is 9.90 Å².